The van der Waals surface area contributed by atoms with E-state index >= 15 is 0 Å². The van der Waals surface area contributed by atoms with Crippen LogP contribution in [0.5, 0.6) is 0 Å². The van der Waals surface area contributed by atoms with Gasteiger partial charge in [0.25, 0.3) is 5.91 Å². The Labute approximate surface area is 108 Å². The lowest BCUT2D eigenvalue weighted by atomic mass is 9.98. The Morgan fingerprint density at radius 2 is 2.28 bits per heavy atom. The molecule has 0 aliphatic heterocycles. The summed E-state index contributed by atoms with van der Waals surface area (Å²) < 4.78 is 5.28. The topological polar surface area (TPSA) is 68.3 Å². The standard InChI is InChI=1S/C14H22N2O2/c1-2-13-11(7-8-18-13)14(17)16-12(9-15)10-5-3-4-6-10/h7-8,10,12H,2-6,9,15H2,1H3,(H,16,17). The summed E-state index contributed by atoms with van der Waals surface area (Å²) in [4.78, 5) is 12.2. The molecule has 0 aromatic carbocycles. The quantitative estimate of drug-likeness (QED) is 0.840. The Kier molecular flexibility index (Phi) is 4.42. The first-order chi connectivity index (χ1) is 8.76. The molecule has 1 fully saturated rings. The van der Waals surface area contributed by atoms with Crippen LogP contribution in [0, 0.1) is 5.92 Å². The first-order valence-corrected chi connectivity index (χ1v) is 6.83. The van der Waals surface area contributed by atoms with Crippen LogP contribution in [0.2, 0.25) is 0 Å². The third-order valence-electron chi connectivity index (χ3n) is 3.85. The maximum atomic E-state index is 12.2. The van der Waals surface area contributed by atoms with Crippen molar-refractivity contribution in [3.63, 3.8) is 0 Å². The zero-order valence-electron chi connectivity index (χ0n) is 10.9. The van der Waals surface area contributed by atoms with Crippen molar-refractivity contribution in [1.82, 2.24) is 5.32 Å². The average Bonchev–Trinajstić information content (AvgIpc) is 3.05. The summed E-state index contributed by atoms with van der Waals surface area (Å²) in [6.07, 6.45) is 7.15. The lowest BCUT2D eigenvalue weighted by molar-refractivity contribution is 0.0922. The van der Waals surface area contributed by atoms with Gasteiger partial charge in [0.1, 0.15) is 5.76 Å². The zero-order chi connectivity index (χ0) is 13.0. The molecule has 1 saturated carbocycles. The number of carbonyl (C=O) groups excluding carboxylic acids is 1. The van der Waals surface area contributed by atoms with E-state index in [1.54, 1.807) is 12.3 Å². The van der Waals surface area contributed by atoms with Crippen molar-refractivity contribution < 1.29 is 9.21 Å². The summed E-state index contributed by atoms with van der Waals surface area (Å²) in [5, 5.41) is 3.06. The molecular formula is C14H22N2O2. The van der Waals surface area contributed by atoms with Crippen LogP contribution in [0.4, 0.5) is 0 Å². The van der Waals surface area contributed by atoms with Crippen LogP contribution >= 0.6 is 0 Å². The second-order valence-corrected chi connectivity index (χ2v) is 4.97. The molecular weight excluding hydrogens is 228 g/mol. The minimum Gasteiger partial charge on any atom is -0.469 e. The van der Waals surface area contributed by atoms with Crippen molar-refractivity contribution in [3.05, 3.63) is 23.7 Å². The first kappa shape index (κ1) is 13.1. The van der Waals surface area contributed by atoms with Crippen LogP contribution in [0.1, 0.15) is 48.7 Å². The molecule has 1 atom stereocenters. The van der Waals surface area contributed by atoms with Gasteiger partial charge in [-0.15, -0.1) is 0 Å². The third kappa shape index (κ3) is 2.75. The first-order valence-electron chi connectivity index (χ1n) is 6.83. The van der Waals surface area contributed by atoms with Gasteiger partial charge in [-0.25, -0.2) is 0 Å². The van der Waals surface area contributed by atoms with Gasteiger partial charge < -0.3 is 15.5 Å². The number of hydrogen-bond acceptors (Lipinski definition) is 3. The van der Waals surface area contributed by atoms with E-state index in [1.165, 1.54) is 25.7 Å². The van der Waals surface area contributed by atoms with Gasteiger partial charge in [-0.3, -0.25) is 4.79 Å². The Morgan fingerprint density at radius 1 is 1.56 bits per heavy atom. The SMILES string of the molecule is CCc1occc1C(=O)NC(CN)C1CCCC1. The number of hydrogen-bond donors (Lipinski definition) is 2. The predicted octanol–water partition coefficient (Wildman–Crippen LogP) is 2.09. The molecule has 18 heavy (non-hydrogen) atoms. The highest BCUT2D eigenvalue weighted by atomic mass is 16.3. The van der Waals surface area contributed by atoms with Crippen LogP contribution in [-0.2, 0) is 6.42 Å². The summed E-state index contributed by atoms with van der Waals surface area (Å²) >= 11 is 0. The van der Waals surface area contributed by atoms with E-state index in [0.29, 0.717) is 18.0 Å². The van der Waals surface area contributed by atoms with Crippen molar-refractivity contribution in [2.45, 2.75) is 45.1 Å². The lowest BCUT2D eigenvalue weighted by Crippen LogP contribution is -2.44. The highest BCUT2D eigenvalue weighted by Crippen LogP contribution is 2.27. The molecule has 2 rings (SSSR count). The molecule has 3 N–H and O–H groups in total. The maximum absolute atomic E-state index is 12.2. The molecule has 0 spiro atoms. The summed E-state index contributed by atoms with van der Waals surface area (Å²) in [5.74, 6) is 1.23. The van der Waals surface area contributed by atoms with E-state index in [1.807, 2.05) is 6.92 Å². The molecule has 1 unspecified atom stereocenters. The van der Waals surface area contributed by atoms with Gasteiger partial charge in [-0.2, -0.15) is 0 Å². The van der Waals surface area contributed by atoms with Gasteiger partial charge in [-0.1, -0.05) is 19.8 Å². The monoisotopic (exact) mass is 250 g/mol. The second kappa shape index (κ2) is 6.05. The molecule has 1 aromatic rings. The van der Waals surface area contributed by atoms with E-state index in [2.05, 4.69) is 5.32 Å². The minimum absolute atomic E-state index is 0.0528. The molecule has 1 amide bonds. The molecule has 0 saturated heterocycles. The van der Waals surface area contributed by atoms with Crippen LogP contribution < -0.4 is 11.1 Å². The molecule has 4 nitrogen and oxygen atoms in total. The molecule has 1 aliphatic rings. The summed E-state index contributed by atoms with van der Waals surface area (Å²) in [6, 6.07) is 1.83. The number of amides is 1. The molecule has 4 heteroatoms. The largest absolute Gasteiger partial charge is 0.469 e. The fourth-order valence-corrected chi connectivity index (χ4v) is 2.79. The van der Waals surface area contributed by atoms with E-state index in [9.17, 15) is 4.79 Å². The van der Waals surface area contributed by atoms with Gasteiger partial charge in [0.2, 0.25) is 0 Å². The summed E-state index contributed by atoms with van der Waals surface area (Å²) in [6.45, 7) is 2.49. The molecule has 1 aromatic heterocycles. The Morgan fingerprint density at radius 3 is 2.89 bits per heavy atom. The molecule has 1 aliphatic carbocycles. The number of nitrogens with one attached hydrogen (secondary N) is 1. The maximum Gasteiger partial charge on any atom is 0.255 e. The van der Waals surface area contributed by atoms with Crippen molar-refractivity contribution in [3.8, 4) is 0 Å². The molecule has 0 radical (unpaired) electrons. The average molecular weight is 250 g/mol. The lowest BCUT2D eigenvalue weighted by Gasteiger charge is -2.23. The van der Waals surface area contributed by atoms with Crippen LogP contribution in [-0.4, -0.2) is 18.5 Å². The Hall–Kier alpha value is -1.29. The third-order valence-corrected chi connectivity index (χ3v) is 3.85. The Balaban J connectivity index is 2.00. The van der Waals surface area contributed by atoms with Crippen LogP contribution in [0.3, 0.4) is 0 Å². The van der Waals surface area contributed by atoms with Crippen molar-refractivity contribution >= 4 is 5.91 Å². The highest BCUT2D eigenvalue weighted by Gasteiger charge is 2.26. The van der Waals surface area contributed by atoms with Gasteiger partial charge in [0, 0.05) is 19.0 Å². The molecule has 1 heterocycles. The number of carbonyl (C=O) groups is 1. The number of rotatable bonds is 5. The summed E-state index contributed by atoms with van der Waals surface area (Å²) in [5.41, 5.74) is 6.43. The van der Waals surface area contributed by atoms with E-state index < -0.39 is 0 Å². The van der Waals surface area contributed by atoms with Crippen LogP contribution in [0.25, 0.3) is 0 Å². The van der Waals surface area contributed by atoms with Crippen molar-refractivity contribution in [2.75, 3.05) is 6.54 Å². The molecule has 100 valence electrons. The summed E-state index contributed by atoms with van der Waals surface area (Å²) in [7, 11) is 0. The number of furan rings is 1. The Bertz CT molecular complexity index is 394. The van der Waals surface area contributed by atoms with Gasteiger partial charge >= 0.3 is 0 Å². The minimum atomic E-state index is -0.0528. The van der Waals surface area contributed by atoms with E-state index in [-0.39, 0.29) is 11.9 Å². The van der Waals surface area contributed by atoms with E-state index in [0.717, 1.165) is 12.2 Å². The van der Waals surface area contributed by atoms with Gasteiger partial charge in [0.15, 0.2) is 0 Å². The van der Waals surface area contributed by atoms with E-state index in [4.69, 9.17) is 10.2 Å². The van der Waals surface area contributed by atoms with Crippen molar-refractivity contribution in [1.29, 1.82) is 0 Å². The van der Waals surface area contributed by atoms with Crippen LogP contribution in [0.15, 0.2) is 16.7 Å². The fourth-order valence-electron chi connectivity index (χ4n) is 2.79. The van der Waals surface area contributed by atoms with Crippen molar-refractivity contribution in [2.24, 2.45) is 11.7 Å². The smallest absolute Gasteiger partial charge is 0.255 e. The highest BCUT2D eigenvalue weighted by molar-refractivity contribution is 5.95. The molecule has 0 bridgehead atoms. The second-order valence-electron chi connectivity index (χ2n) is 4.97. The number of nitrogens with two attached hydrogens (primary N) is 1. The number of aryl methyl sites for hydroxylation is 1. The van der Waals surface area contributed by atoms with Gasteiger partial charge in [-0.05, 0) is 24.8 Å². The fraction of sp³-hybridized carbons (Fsp3) is 0.643. The normalized spacial score (nSPS) is 17.9. The zero-order valence-corrected chi connectivity index (χ0v) is 10.9. The predicted molar refractivity (Wildman–Crippen MR) is 70.4 cm³/mol. The van der Waals surface area contributed by atoms with Gasteiger partial charge in [0.05, 0.1) is 11.8 Å².